The largest absolute Gasteiger partial charge is 0.377 e. The summed E-state index contributed by atoms with van der Waals surface area (Å²) in [5, 5.41) is 9.87. The third-order valence-corrected chi connectivity index (χ3v) is 5.44. The number of rotatable bonds is 3. The Morgan fingerprint density at radius 1 is 1.35 bits per heavy atom. The van der Waals surface area contributed by atoms with Gasteiger partial charge in [-0.05, 0) is 25.0 Å². The van der Waals surface area contributed by atoms with E-state index in [2.05, 4.69) is 16.0 Å². The quantitative estimate of drug-likeness (QED) is 0.812. The Hall–Kier alpha value is -2.23. The normalized spacial score (nSPS) is 22.8. The first-order valence-corrected chi connectivity index (χ1v) is 8.44. The van der Waals surface area contributed by atoms with Crippen LogP contribution < -0.4 is 4.90 Å². The molecule has 2 unspecified atom stereocenters. The Morgan fingerprint density at radius 2 is 2.13 bits per heavy atom. The second-order valence-corrected chi connectivity index (χ2v) is 6.87. The van der Waals surface area contributed by atoms with E-state index in [1.54, 1.807) is 30.5 Å². The van der Waals surface area contributed by atoms with E-state index in [0.717, 1.165) is 31.2 Å². The molecule has 5 nitrogen and oxygen atoms in total. The Bertz CT molecular complexity index is 779. The molecule has 0 radical (unpaired) electrons. The van der Waals surface area contributed by atoms with Crippen LogP contribution in [0, 0.1) is 11.3 Å². The molecule has 116 valence electrons. The number of thiazole rings is 1. The van der Waals surface area contributed by atoms with E-state index in [9.17, 15) is 4.79 Å². The minimum absolute atomic E-state index is 0.0774. The second kappa shape index (κ2) is 5.76. The number of nitrogens with zero attached hydrogens (tertiary/aromatic N) is 3. The van der Waals surface area contributed by atoms with Crippen molar-refractivity contribution in [2.45, 2.75) is 24.9 Å². The number of carbonyl (C=O) groups excluding carboxylic acids is 1. The van der Waals surface area contributed by atoms with Crippen molar-refractivity contribution in [2.75, 3.05) is 18.1 Å². The van der Waals surface area contributed by atoms with E-state index in [-0.39, 0.29) is 5.78 Å². The van der Waals surface area contributed by atoms with Gasteiger partial charge in [-0.3, -0.25) is 4.79 Å². The van der Waals surface area contributed by atoms with Crippen LogP contribution >= 0.6 is 11.3 Å². The summed E-state index contributed by atoms with van der Waals surface area (Å²) in [4.78, 5) is 20.0. The number of hydrogen-bond donors (Lipinski definition) is 0. The first kappa shape index (κ1) is 14.4. The number of hydrogen-bond acceptors (Lipinski definition) is 6. The first-order chi connectivity index (χ1) is 11.3. The lowest BCUT2D eigenvalue weighted by Gasteiger charge is -2.34. The van der Waals surface area contributed by atoms with Crippen LogP contribution in [-0.4, -0.2) is 36.1 Å². The maximum atomic E-state index is 12.6. The summed E-state index contributed by atoms with van der Waals surface area (Å²) >= 11 is 1.43. The number of ketones is 1. The van der Waals surface area contributed by atoms with Crippen molar-refractivity contribution in [2.24, 2.45) is 0 Å². The Labute approximate surface area is 138 Å². The maximum absolute atomic E-state index is 12.6. The highest BCUT2D eigenvalue weighted by atomic mass is 32.1. The zero-order valence-corrected chi connectivity index (χ0v) is 13.3. The van der Waals surface area contributed by atoms with Gasteiger partial charge in [-0.1, -0.05) is 23.5 Å². The molecule has 2 bridgehead atoms. The molecule has 0 N–H and O–H groups in total. The summed E-state index contributed by atoms with van der Waals surface area (Å²) < 4.78 is 5.59. The standard InChI is InChI=1S/C17H15N3O2S/c18-7-11-2-1-3-12(6-11)16(21)15-8-19-17(23-15)20-13-4-5-14(20)10-22-9-13/h1-3,6,8,13-14H,4-5,9-10H2. The van der Waals surface area contributed by atoms with Crippen molar-refractivity contribution >= 4 is 22.3 Å². The molecular formula is C17H15N3O2S. The van der Waals surface area contributed by atoms with E-state index >= 15 is 0 Å². The molecule has 0 saturated carbocycles. The summed E-state index contributed by atoms with van der Waals surface area (Å²) in [5.41, 5.74) is 1.02. The van der Waals surface area contributed by atoms with E-state index in [0.29, 0.717) is 28.1 Å². The maximum Gasteiger partial charge on any atom is 0.204 e. The summed E-state index contributed by atoms with van der Waals surface area (Å²) in [7, 11) is 0. The number of nitriles is 1. The van der Waals surface area contributed by atoms with Crippen molar-refractivity contribution < 1.29 is 9.53 Å². The molecule has 2 atom stereocenters. The molecule has 1 aromatic heterocycles. The highest BCUT2D eigenvalue weighted by Crippen LogP contribution is 2.36. The van der Waals surface area contributed by atoms with Crippen LogP contribution in [0.5, 0.6) is 0 Å². The van der Waals surface area contributed by atoms with Gasteiger partial charge in [0, 0.05) is 5.56 Å². The summed E-state index contributed by atoms with van der Waals surface area (Å²) in [5.74, 6) is -0.0774. The third-order valence-electron chi connectivity index (χ3n) is 4.43. The van der Waals surface area contributed by atoms with Crippen LogP contribution in [-0.2, 0) is 4.74 Å². The molecule has 2 aliphatic rings. The number of benzene rings is 1. The number of fused-ring (bicyclic) bond motifs is 2. The van der Waals surface area contributed by atoms with Gasteiger partial charge in [0.1, 0.15) is 0 Å². The lowest BCUT2D eigenvalue weighted by atomic mass is 10.1. The van der Waals surface area contributed by atoms with E-state index < -0.39 is 0 Å². The molecule has 4 rings (SSSR count). The average Bonchev–Trinajstić information content (AvgIpc) is 3.16. The second-order valence-electron chi connectivity index (χ2n) is 5.86. The fourth-order valence-corrected chi connectivity index (χ4v) is 4.32. The van der Waals surface area contributed by atoms with Crippen LogP contribution in [0.3, 0.4) is 0 Å². The molecule has 2 fully saturated rings. The molecule has 0 amide bonds. The van der Waals surface area contributed by atoms with Gasteiger partial charge in [-0.15, -0.1) is 0 Å². The Kier molecular flexibility index (Phi) is 3.60. The zero-order chi connectivity index (χ0) is 15.8. The van der Waals surface area contributed by atoms with Gasteiger partial charge in [0.25, 0.3) is 0 Å². The molecule has 23 heavy (non-hydrogen) atoms. The van der Waals surface area contributed by atoms with Gasteiger partial charge in [0.2, 0.25) is 5.78 Å². The molecule has 2 saturated heterocycles. The van der Waals surface area contributed by atoms with Gasteiger partial charge in [-0.2, -0.15) is 5.26 Å². The summed E-state index contributed by atoms with van der Waals surface area (Å²) in [6.45, 7) is 1.48. The number of morpholine rings is 1. The van der Waals surface area contributed by atoms with Crippen LogP contribution in [0.2, 0.25) is 0 Å². The van der Waals surface area contributed by atoms with Gasteiger partial charge in [0.15, 0.2) is 5.13 Å². The summed E-state index contributed by atoms with van der Waals surface area (Å²) in [6.07, 6.45) is 3.89. The minimum Gasteiger partial charge on any atom is -0.377 e. The van der Waals surface area contributed by atoms with Gasteiger partial charge < -0.3 is 9.64 Å². The smallest absolute Gasteiger partial charge is 0.204 e. The monoisotopic (exact) mass is 325 g/mol. The number of anilines is 1. The molecule has 2 aromatic rings. The number of ether oxygens (including phenoxy) is 1. The highest BCUT2D eigenvalue weighted by molar-refractivity contribution is 7.17. The van der Waals surface area contributed by atoms with Crippen molar-refractivity contribution in [3.05, 3.63) is 46.5 Å². The molecule has 6 heteroatoms. The lowest BCUT2D eigenvalue weighted by molar-refractivity contribution is 0.0906. The van der Waals surface area contributed by atoms with Gasteiger partial charge in [-0.25, -0.2) is 4.98 Å². The van der Waals surface area contributed by atoms with E-state index in [4.69, 9.17) is 10.00 Å². The number of carbonyl (C=O) groups is 1. The molecular weight excluding hydrogens is 310 g/mol. The third kappa shape index (κ3) is 2.52. The Morgan fingerprint density at radius 3 is 2.87 bits per heavy atom. The van der Waals surface area contributed by atoms with Crippen molar-refractivity contribution in [3.8, 4) is 6.07 Å². The lowest BCUT2D eigenvalue weighted by Crippen LogP contribution is -2.45. The average molecular weight is 325 g/mol. The predicted octanol–water partition coefficient (Wildman–Crippen LogP) is 2.61. The zero-order valence-electron chi connectivity index (χ0n) is 12.4. The van der Waals surface area contributed by atoms with Crippen LogP contribution in [0.15, 0.2) is 30.5 Å². The van der Waals surface area contributed by atoms with Crippen molar-refractivity contribution in [1.82, 2.24) is 4.98 Å². The molecule has 3 heterocycles. The fraction of sp³-hybridized carbons (Fsp3) is 0.353. The molecule has 0 spiro atoms. The van der Waals surface area contributed by atoms with E-state index in [1.165, 1.54) is 11.3 Å². The molecule has 1 aromatic carbocycles. The molecule has 2 aliphatic heterocycles. The Balaban J connectivity index is 1.60. The first-order valence-electron chi connectivity index (χ1n) is 7.63. The highest BCUT2D eigenvalue weighted by Gasteiger charge is 2.39. The van der Waals surface area contributed by atoms with Crippen molar-refractivity contribution in [3.63, 3.8) is 0 Å². The van der Waals surface area contributed by atoms with Gasteiger partial charge >= 0.3 is 0 Å². The van der Waals surface area contributed by atoms with Gasteiger partial charge in [0.05, 0.1) is 48.0 Å². The van der Waals surface area contributed by atoms with E-state index in [1.807, 2.05) is 0 Å². The molecule has 0 aliphatic carbocycles. The van der Waals surface area contributed by atoms with Crippen LogP contribution in [0.4, 0.5) is 5.13 Å². The van der Waals surface area contributed by atoms with Crippen molar-refractivity contribution in [1.29, 1.82) is 5.26 Å². The topological polar surface area (TPSA) is 66.2 Å². The fourth-order valence-electron chi connectivity index (χ4n) is 3.30. The summed E-state index contributed by atoms with van der Waals surface area (Å²) in [6, 6.07) is 9.61. The van der Waals surface area contributed by atoms with Crippen LogP contribution in [0.25, 0.3) is 0 Å². The van der Waals surface area contributed by atoms with Crippen LogP contribution in [0.1, 0.15) is 33.6 Å². The SMILES string of the molecule is N#Cc1cccc(C(=O)c2cnc(N3C4CCC3COC4)s2)c1. The minimum atomic E-state index is -0.0774. The number of aromatic nitrogens is 1. The predicted molar refractivity (Wildman–Crippen MR) is 86.8 cm³/mol.